The number of halogens is 3. The van der Waals surface area contributed by atoms with E-state index in [1.54, 1.807) is 18.2 Å². The van der Waals surface area contributed by atoms with Crippen LogP contribution in [0.3, 0.4) is 0 Å². The summed E-state index contributed by atoms with van der Waals surface area (Å²) in [5.41, 5.74) is -2.89. The summed E-state index contributed by atoms with van der Waals surface area (Å²) in [6.07, 6.45) is -1.45. The highest BCUT2D eigenvalue weighted by Crippen LogP contribution is 2.39. The Balaban J connectivity index is 1.68. The Morgan fingerprint density at radius 1 is 1.03 bits per heavy atom. The quantitative estimate of drug-likeness (QED) is 0.447. The van der Waals surface area contributed by atoms with Crippen LogP contribution >= 0.6 is 12.6 Å². The number of alkyl halides is 3. The van der Waals surface area contributed by atoms with Crippen LogP contribution in [0.5, 0.6) is 0 Å². The average Bonchev–Trinajstić information content (AvgIpc) is 2.81. The first-order valence-electron chi connectivity index (χ1n) is 12.4. The molecule has 2 atom stereocenters. The van der Waals surface area contributed by atoms with Crippen molar-refractivity contribution in [2.24, 2.45) is 0 Å². The Kier molecular flexibility index (Phi) is 8.39. The van der Waals surface area contributed by atoms with E-state index in [0.717, 1.165) is 12.7 Å². The Bertz CT molecular complexity index is 1400. The van der Waals surface area contributed by atoms with Crippen molar-refractivity contribution < 1.29 is 35.1 Å². The first kappa shape index (κ1) is 30.1. The third-order valence-corrected chi connectivity index (χ3v) is 11.3. The van der Waals surface area contributed by atoms with E-state index in [1.165, 1.54) is 38.9 Å². The van der Waals surface area contributed by atoms with E-state index in [4.69, 9.17) is 0 Å². The minimum absolute atomic E-state index is 0.0139. The molecule has 2 aromatic carbocycles. The van der Waals surface area contributed by atoms with Gasteiger partial charge in [-0.2, -0.15) is 21.8 Å². The van der Waals surface area contributed by atoms with Crippen molar-refractivity contribution in [3.63, 3.8) is 0 Å². The van der Waals surface area contributed by atoms with Crippen LogP contribution in [-0.2, 0) is 25.6 Å². The summed E-state index contributed by atoms with van der Waals surface area (Å²) in [7, 11) is -7.57. The SMILES string of the molecule is C[C@](O)(c1ccc(N2CCN(S(=O)(=O)c3ccccc3S)C[C@@H]2CN(C2CCC2)S(C)(=O)=O)cc1)C(F)(F)F. The lowest BCUT2D eigenvalue weighted by atomic mass is 9.92. The summed E-state index contributed by atoms with van der Waals surface area (Å²) in [6.45, 7) is 0.906. The van der Waals surface area contributed by atoms with Crippen LogP contribution in [0.15, 0.2) is 58.3 Å². The molecule has 1 aliphatic heterocycles. The van der Waals surface area contributed by atoms with Crippen LogP contribution in [0.1, 0.15) is 31.7 Å². The average molecular weight is 608 g/mol. The van der Waals surface area contributed by atoms with Gasteiger partial charge in [0.25, 0.3) is 0 Å². The maximum absolute atomic E-state index is 13.5. The van der Waals surface area contributed by atoms with Crippen molar-refractivity contribution in [1.82, 2.24) is 8.61 Å². The first-order chi connectivity index (χ1) is 18.0. The van der Waals surface area contributed by atoms with Gasteiger partial charge in [0, 0.05) is 42.8 Å². The molecule has 2 fully saturated rings. The predicted octanol–water partition coefficient (Wildman–Crippen LogP) is 3.44. The molecule has 1 saturated carbocycles. The number of rotatable bonds is 8. The van der Waals surface area contributed by atoms with E-state index in [9.17, 15) is 35.1 Å². The van der Waals surface area contributed by atoms with Gasteiger partial charge in [-0.1, -0.05) is 30.7 Å². The van der Waals surface area contributed by atoms with E-state index in [0.29, 0.717) is 25.5 Å². The third-order valence-electron chi connectivity index (χ3n) is 7.54. The van der Waals surface area contributed by atoms with Crippen molar-refractivity contribution in [1.29, 1.82) is 0 Å². The fourth-order valence-electron chi connectivity index (χ4n) is 4.93. The molecule has 2 aliphatic rings. The summed E-state index contributed by atoms with van der Waals surface area (Å²) >= 11 is 4.30. The molecule has 8 nitrogen and oxygen atoms in total. The number of hydrogen-bond acceptors (Lipinski definition) is 7. The standard InChI is InChI=1S/C25H32F3N3O5S3/c1-24(32,25(26,27)28)18-10-12-19(13-11-18)30-15-14-29(39(35,36)23-9-4-3-8-22(23)37)16-21(30)17-31(38(2,33)34)20-6-5-7-20/h3-4,8-13,20-21,32,37H,5-7,14-17H2,1-2H3/t21-,24+/m1/s1. The second-order valence-electron chi connectivity index (χ2n) is 10.2. The molecule has 0 bridgehead atoms. The zero-order valence-electron chi connectivity index (χ0n) is 21.5. The molecule has 39 heavy (non-hydrogen) atoms. The normalized spacial score (nSPS) is 21.5. The Hall–Kier alpha value is -1.84. The van der Waals surface area contributed by atoms with Crippen molar-refractivity contribution >= 4 is 38.4 Å². The van der Waals surface area contributed by atoms with Crippen LogP contribution in [0, 0.1) is 0 Å². The van der Waals surface area contributed by atoms with Gasteiger partial charge in [0.15, 0.2) is 5.60 Å². The maximum Gasteiger partial charge on any atom is 0.421 e. The molecule has 0 radical (unpaired) electrons. The molecule has 4 rings (SSSR count). The number of nitrogens with zero attached hydrogens (tertiary/aromatic N) is 3. The second kappa shape index (κ2) is 10.9. The number of thiol groups is 1. The second-order valence-corrected chi connectivity index (χ2v) is 14.5. The van der Waals surface area contributed by atoms with Gasteiger partial charge in [-0.25, -0.2) is 16.8 Å². The fourth-order valence-corrected chi connectivity index (χ4v) is 8.19. The van der Waals surface area contributed by atoms with Crippen molar-refractivity contribution in [2.45, 2.75) is 59.8 Å². The Morgan fingerprint density at radius 2 is 1.64 bits per heavy atom. The molecular weight excluding hydrogens is 575 g/mol. The molecule has 0 spiro atoms. The van der Waals surface area contributed by atoms with E-state index >= 15 is 0 Å². The zero-order chi connectivity index (χ0) is 28.8. The van der Waals surface area contributed by atoms with Crippen molar-refractivity contribution in [3.05, 3.63) is 54.1 Å². The van der Waals surface area contributed by atoms with Crippen LogP contribution in [0.4, 0.5) is 18.9 Å². The van der Waals surface area contributed by atoms with Gasteiger partial charge in [0.2, 0.25) is 20.0 Å². The molecule has 0 unspecified atom stereocenters. The summed E-state index contributed by atoms with van der Waals surface area (Å²) in [6, 6.07) is 10.7. The van der Waals surface area contributed by atoms with Gasteiger partial charge < -0.3 is 10.0 Å². The summed E-state index contributed by atoms with van der Waals surface area (Å²) in [5, 5.41) is 10.0. The van der Waals surface area contributed by atoms with Crippen LogP contribution in [0.2, 0.25) is 0 Å². The minimum atomic E-state index is -4.88. The lowest BCUT2D eigenvalue weighted by Crippen LogP contribution is -2.60. The highest BCUT2D eigenvalue weighted by molar-refractivity contribution is 7.90. The summed E-state index contributed by atoms with van der Waals surface area (Å²) < 4.78 is 95.2. The monoisotopic (exact) mass is 607 g/mol. The van der Waals surface area contributed by atoms with E-state index in [2.05, 4.69) is 12.6 Å². The number of benzene rings is 2. The van der Waals surface area contributed by atoms with Crippen LogP contribution < -0.4 is 4.90 Å². The van der Waals surface area contributed by atoms with Crippen LogP contribution in [-0.4, -0.2) is 81.2 Å². The molecular formula is C25H32F3N3O5S3. The molecule has 1 aliphatic carbocycles. The molecule has 1 N–H and O–H groups in total. The van der Waals surface area contributed by atoms with Gasteiger partial charge in [-0.3, -0.25) is 0 Å². The fraction of sp³-hybridized carbons (Fsp3) is 0.520. The third kappa shape index (κ3) is 6.10. The van der Waals surface area contributed by atoms with Crippen molar-refractivity contribution in [2.75, 3.05) is 37.3 Å². The molecule has 2 aromatic rings. The molecule has 1 saturated heterocycles. The summed E-state index contributed by atoms with van der Waals surface area (Å²) in [5.74, 6) is 0. The first-order valence-corrected chi connectivity index (χ1v) is 16.2. The lowest BCUT2D eigenvalue weighted by Gasteiger charge is -2.46. The highest BCUT2D eigenvalue weighted by Gasteiger charge is 2.51. The van der Waals surface area contributed by atoms with Crippen molar-refractivity contribution in [3.8, 4) is 0 Å². The number of hydrogen-bond donors (Lipinski definition) is 2. The van der Waals surface area contributed by atoms with E-state index in [-0.39, 0.29) is 47.6 Å². The minimum Gasteiger partial charge on any atom is -0.376 e. The number of anilines is 1. The topological polar surface area (TPSA) is 98.2 Å². The molecule has 0 amide bonds. The number of aliphatic hydroxyl groups is 1. The maximum atomic E-state index is 13.5. The molecule has 14 heteroatoms. The predicted molar refractivity (Wildman–Crippen MR) is 145 cm³/mol. The smallest absolute Gasteiger partial charge is 0.376 e. The van der Waals surface area contributed by atoms with E-state index < -0.39 is 37.9 Å². The van der Waals surface area contributed by atoms with E-state index in [1.807, 2.05) is 4.90 Å². The van der Waals surface area contributed by atoms with Crippen LogP contribution in [0.25, 0.3) is 0 Å². The lowest BCUT2D eigenvalue weighted by molar-refractivity contribution is -0.258. The van der Waals surface area contributed by atoms with Gasteiger partial charge in [0.1, 0.15) is 0 Å². The summed E-state index contributed by atoms with van der Waals surface area (Å²) in [4.78, 5) is 2.15. The van der Waals surface area contributed by atoms with Gasteiger partial charge >= 0.3 is 6.18 Å². The largest absolute Gasteiger partial charge is 0.421 e. The van der Waals surface area contributed by atoms with Gasteiger partial charge in [-0.15, -0.1) is 12.6 Å². The molecule has 216 valence electrons. The zero-order valence-corrected chi connectivity index (χ0v) is 24.1. The molecule has 0 aromatic heterocycles. The number of piperazine rings is 1. The Morgan fingerprint density at radius 3 is 2.15 bits per heavy atom. The van der Waals surface area contributed by atoms with Gasteiger partial charge in [0.05, 0.1) is 17.2 Å². The highest BCUT2D eigenvalue weighted by atomic mass is 32.2. The Labute approximate surface area is 232 Å². The number of sulfonamides is 2. The molecule has 1 heterocycles. The van der Waals surface area contributed by atoms with Gasteiger partial charge in [-0.05, 0) is 49.6 Å².